The van der Waals surface area contributed by atoms with Crippen LogP contribution in [-0.2, 0) is 17.8 Å². The van der Waals surface area contributed by atoms with Crippen molar-refractivity contribution in [2.75, 3.05) is 5.32 Å². The first-order valence-electron chi connectivity index (χ1n) is 7.04. The molecule has 110 valence electrons. The number of nitrogens with one attached hydrogen (secondary N) is 1. The number of aromatic nitrogens is 1. The summed E-state index contributed by atoms with van der Waals surface area (Å²) >= 11 is 2.27. The van der Waals surface area contributed by atoms with Gasteiger partial charge in [-0.25, -0.2) is 0 Å². The van der Waals surface area contributed by atoms with Crippen LogP contribution in [0, 0.1) is 17.4 Å². The van der Waals surface area contributed by atoms with Gasteiger partial charge in [-0.2, -0.15) is 4.57 Å². The lowest BCUT2D eigenvalue weighted by Crippen LogP contribution is -2.43. The SMILES string of the molecule is CCc1ccc(C)[n+](CC(=O)Nc2ccc(I)cc2C)c1. The highest BCUT2D eigenvalue weighted by atomic mass is 127. The molecule has 21 heavy (non-hydrogen) atoms. The fourth-order valence-corrected chi connectivity index (χ4v) is 2.81. The van der Waals surface area contributed by atoms with Crippen LogP contribution in [0.4, 0.5) is 5.69 Å². The van der Waals surface area contributed by atoms with E-state index in [0.29, 0.717) is 6.54 Å². The van der Waals surface area contributed by atoms with E-state index in [1.165, 1.54) is 9.13 Å². The summed E-state index contributed by atoms with van der Waals surface area (Å²) < 4.78 is 3.17. The molecule has 0 fully saturated rings. The number of nitrogens with zero attached hydrogens (tertiary/aromatic N) is 1. The molecule has 0 saturated heterocycles. The second kappa shape index (κ2) is 7.02. The lowest BCUT2D eigenvalue weighted by molar-refractivity contribution is -0.690. The predicted molar refractivity (Wildman–Crippen MR) is 93.3 cm³/mol. The van der Waals surface area contributed by atoms with Crippen LogP contribution in [0.1, 0.15) is 23.7 Å². The van der Waals surface area contributed by atoms with Crippen LogP contribution in [0.2, 0.25) is 0 Å². The number of pyridine rings is 1. The van der Waals surface area contributed by atoms with Gasteiger partial charge in [-0.05, 0) is 65.8 Å². The zero-order chi connectivity index (χ0) is 15.4. The van der Waals surface area contributed by atoms with Crippen molar-refractivity contribution in [2.45, 2.75) is 33.7 Å². The van der Waals surface area contributed by atoms with Gasteiger partial charge in [0.05, 0.1) is 0 Å². The molecular formula is C17H20IN2O+. The summed E-state index contributed by atoms with van der Waals surface area (Å²) in [5, 5.41) is 2.99. The Balaban J connectivity index is 2.11. The number of benzene rings is 1. The summed E-state index contributed by atoms with van der Waals surface area (Å²) in [4.78, 5) is 12.2. The Morgan fingerprint density at radius 1 is 1.24 bits per heavy atom. The van der Waals surface area contributed by atoms with E-state index >= 15 is 0 Å². The van der Waals surface area contributed by atoms with Crippen LogP contribution in [0.15, 0.2) is 36.5 Å². The van der Waals surface area contributed by atoms with Gasteiger partial charge < -0.3 is 5.32 Å². The molecule has 0 aliphatic carbocycles. The van der Waals surface area contributed by atoms with Gasteiger partial charge in [0.25, 0.3) is 5.91 Å². The van der Waals surface area contributed by atoms with Crippen LogP contribution in [0.3, 0.4) is 0 Å². The largest absolute Gasteiger partial charge is 0.320 e. The molecule has 1 aromatic carbocycles. The highest BCUT2D eigenvalue weighted by Gasteiger charge is 2.14. The Hall–Kier alpha value is -1.43. The van der Waals surface area contributed by atoms with E-state index in [4.69, 9.17) is 0 Å². The Morgan fingerprint density at radius 3 is 2.67 bits per heavy atom. The minimum Gasteiger partial charge on any atom is -0.320 e. The zero-order valence-electron chi connectivity index (χ0n) is 12.6. The molecule has 1 N–H and O–H groups in total. The first-order valence-corrected chi connectivity index (χ1v) is 8.12. The molecule has 0 bridgehead atoms. The van der Waals surface area contributed by atoms with E-state index in [2.05, 4.69) is 59.2 Å². The van der Waals surface area contributed by atoms with E-state index < -0.39 is 0 Å². The third-order valence-electron chi connectivity index (χ3n) is 3.50. The summed E-state index contributed by atoms with van der Waals surface area (Å²) in [5.41, 5.74) is 4.28. The summed E-state index contributed by atoms with van der Waals surface area (Å²) in [5.74, 6) is 0.000612. The molecule has 0 aliphatic rings. The maximum atomic E-state index is 12.2. The molecule has 0 saturated carbocycles. The van der Waals surface area contributed by atoms with Gasteiger partial charge >= 0.3 is 0 Å². The summed E-state index contributed by atoms with van der Waals surface area (Å²) in [6, 6.07) is 10.2. The van der Waals surface area contributed by atoms with Crippen LogP contribution >= 0.6 is 22.6 Å². The molecule has 0 aliphatic heterocycles. The molecule has 1 amide bonds. The lowest BCUT2D eigenvalue weighted by atomic mass is 10.2. The molecule has 2 rings (SSSR count). The highest BCUT2D eigenvalue weighted by molar-refractivity contribution is 14.1. The van der Waals surface area contributed by atoms with Crippen molar-refractivity contribution in [1.29, 1.82) is 0 Å². The molecule has 2 aromatic rings. The number of anilines is 1. The Kier molecular flexibility index (Phi) is 5.33. The molecular weight excluding hydrogens is 375 g/mol. The number of amides is 1. The van der Waals surface area contributed by atoms with Crippen molar-refractivity contribution in [3.8, 4) is 0 Å². The smallest absolute Gasteiger partial charge is 0.290 e. The zero-order valence-corrected chi connectivity index (χ0v) is 14.8. The van der Waals surface area contributed by atoms with Crippen molar-refractivity contribution in [3.05, 3.63) is 56.9 Å². The normalized spacial score (nSPS) is 10.5. The second-order valence-corrected chi connectivity index (χ2v) is 6.41. The molecule has 1 aromatic heterocycles. The molecule has 0 atom stereocenters. The summed E-state index contributed by atoms with van der Waals surface area (Å²) in [7, 11) is 0. The van der Waals surface area contributed by atoms with E-state index in [0.717, 1.165) is 23.4 Å². The Labute approximate surface area is 139 Å². The van der Waals surface area contributed by atoms with Gasteiger partial charge in [-0.3, -0.25) is 4.79 Å². The fourth-order valence-electron chi connectivity index (χ4n) is 2.16. The fraction of sp³-hybridized carbons (Fsp3) is 0.294. The van der Waals surface area contributed by atoms with Crippen LogP contribution < -0.4 is 9.88 Å². The molecule has 3 nitrogen and oxygen atoms in total. The number of carbonyl (C=O) groups is 1. The van der Waals surface area contributed by atoms with Gasteiger partial charge in [-0.15, -0.1) is 0 Å². The van der Waals surface area contributed by atoms with Gasteiger partial charge in [0, 0.05) is 27.8 Å². The van der Waals surface area contributed by atoms with Gasteiger partial charge in [0.1, 0.15) is 0 Å². The van der Waals surface area contributed by atoms with Crippen LogP contribution in [0.25, 0.3) is 0 Å². The van der Waals surface area contributed by atoms with Crippen molar-refractivity contribution < 1.29 is 9.36 Å². The first kappa shape index (κ1) is 15.9. The number of rotatable bonds is 4. The monoisotopic (exact) mass is 395 g/mol. The molecule has 1 heterocycles. The van der Waals surface area contributed by atoms with Crippen molar-refractivity contribution >= 4 is 34.2 Å². The van der Waals surface area contributed by atoms with E-state index in [1.54, 1.807) is 0 Å². The van der Waals surface area contributed by atoms with Gasteiger partial charge in [0.15, 0.2) is 11.9 Å². The highest BCUT2D eigenvalue weighted by Crippen LogP contribution is 2.17. The summed E-state index contributed by atoms with van der Waals surface area (Å²) in [6.07, 6.45) is 3.02. The number of hydrogen-bond donors (Lipinski definition) is 1. The van der Waals surface area contributed by atoms with Crippen molar-refractivity contribution in [3.63, 3.8) is 0 Å². The average Bonchev–Trinajstić information content (AvgIpc) is 2.44. The predicted octanol–water partition coefficient (Wildman–Crippen LogP) is 3.40. The van der Waals surface area contributed by atoms with Crippen molar-refractivity contribution in [2.24, 2.45) is 0 Å². The maximum Gasteiger partial charge on any atom is 0.290 e. The minimum absolute atomic E-state index is 0.000612. The number of carbonyl (C=O) groups excluding carboxylic acids is 1. The average molecular weight is 395 g/mol. The van der Waals surface area contributed by atoms with Crippen molar-refractivity contribution in [1.82, 2.24) is 0 Å². The number of halogens is 1. The molecule has 0 spiro atoms. The maximum absolute atomic E-state index is 12.2. The first-order chi connectivity index (χ1) is 9.99. The van der Waals surface area contributed by atoms with E-state index in [1.807, 2.05) is 30.5 Å². The minimum atomic E-state index is 0.000612. The molecule has 0 radical (unpaired) electrons. The van der Waals surface area contributed by atoms with E-state index in [9.17, 15) is 4.79 Å². The topological polar surface area (TPSA) is 33.0 Å². The Morgan fingerprint density at radius 2 is 2.00 bits per heavy atom. The third-order valence-corrected chi connectivity index (χ3v) is 4.17. The van der Waals surface area contributed by atoms with Gasteiger partial charge in [0.2, 0.25) is 6.54 Å². The number of aryl methyl sites for hydroxylation is 3. The Bertz CT molecular complexity index is 668. The van der Waals surface area contributed by atoms with Crippen LogP contribution in [0.5, 0.6) is 0 Å². The lowest BCUT2D eigenvalue weighted by Gasteiger charge is -2.08. The standard InChI is InChI=1S/C17H19IN2O/c1-4-14-6-5-13(3)20(10-14)11-17(21)19-16-8-7-15(18)9-12(16)2/h5-10H,4,11H2,1-3H3/p+1. The molecule has 0 unspecified atom stereocenters. The third kappa shape index (κ3) is 4.27. The second-order valence-electron chi connectivity index (χ2n) is 5.17. The van der Waals surface area contributed by atoms with Gasteiger partial charge in [-0.1, -0.05) is 6.92 Å². The van der Waals surface area contributed by atoms with Crippen LogP contribution in [-0.4, -0.2) is 5.91 Å². The molecule has 4 heteroatoms. The summed E-state index contributed by atoms with van der Waals surface area (Å²) in [6.45, 7) is 6.48. The number of hydrogen-bond acceptors (Lipinski definition) is 1. The quantitative estimate of drug-likeness (QED) is 0.625. The van der Waals surface area contributed by atoms with E-state index in [-0.39, 0.29) is 5.91 Å².